The molecule has 4 aromatic rings. The van der Waals surface area contributed by atoms with Gasteiger partial charge in [-0.15, -0.1) is 0 Å². The fourth-order valence-electron chi connectivity index (χ4n) is 7.53. The van der Waals surface area contributed by atoms with Crippen molar-refractivity contribution >= 4 is 37.8 Å². The molecule has 0 aromatic heterocycles. The smallest absolute Gasteiger partial charge is 0.253 e. The molecule has 0 saturated carbocycles. The van der Waals surface area contributed by atoms with Crippen LogP contribution in [-0.2, 0) is 34.3 Å². The summed E-state index contributed by atoms with van der Waals surface area (Å²) < 4.78 is 24.5. The van der Waals surface area contributed by atoms with Crippen molar-refractivity contribution in [3.05, 3.63) is 124 Å². The van der Waals surface area contributed by atoms with Crippen LogP contribution in [0.3, 0.4) is 0 Å². The lowest BCUT2D eigenvalue weighted by atomic mass is 9.87. The third-order valence-corrected chi connectivity index (χ3v) is 12.3. The van der Waals surface area contributed by atoms with E-state index in [9.17, 15) is 18.0 Å². The molecular formula is C42H49BrN4O4S. The van der Waals surface area contributed by atoms with Crippen molar-refractivity contribution in [2.75, 3.05) is 26.2 Å². The highest BCUT2D eigenvalue weighted by Gasteiger charge is 2.24. The average molecular weight is 786 g/mol. The predicted molar refractivity (Wildman–Crippen MR) is 210 cm³/mol. The Bertz CT molecular complexity index is 1940. The summed E-state index contributed by atoms with van der Waals surface area (Å²) in [6.45, 7) is 4.58. The monoisotopic (exact) mass is 784 g/mol. The molecular weight excluding hydrogens is 736 g/mol. The molecule has 2 aliphatic rings. The van der Waals surface area contributed by atoms with Crippen LogP contribution in [-0.4, -0.2) is 56.2 Å². The molecule has 6 rings (SSSR count). The number of amides is 2. The minimum absolute atomic E-state index is 0.0264. The van der Waals surface area contributed by atoms with E-state index in [0.29, 0.717) is 18.0 Å². The number of hydrogen-bond acceptors (Lipinski definition) is 5. The number of likely N-dealkylation sites (tertiary alicyclic amines) is 1. The summed E-state index contributed by atoms with van der Waals surface area (Å²) in [5.41, 5.74) is 5.23. The summed E-state index contributed by atoms with van der Waals surface area (Å²) >= 11 is 3.57. The zero-order valence-electron chi connectivity index (χ0n) is 29.7. The molecule has 0 radical (unpaired) electrons. The van der Waals surface area contributed by atoms with Gasteiger partial charge in [-0.05, 0) is 115 Å². The van der Waals surface area contributed by atoms with E-state index in [-0.39, 0.29) is 29.7 Å². The van der Waals surface area contributed by atoms with Gasteiger partial charge in [0.1, 0.15) is 0 Å². The van der Waals surface area contributed by atoms with Gasteiger partial charge in [0.2, 0.25) is 15.9 Å². The van der Waals surface area contributed by atoms with Crippen molar-refractivity contribution in [2.45, 2.75) is 69.4 Å². The lowest BCUT2D eigenvalue weighted by molar-refractivity contribution is -0.131. The number of carbonyl (C=O) groups excluding carboxylic acids is 2. The van der Waals surface area contributed by atoms with E-state index in [4.69, 9.17) is 5.14 Å². The van der Waals surface area contributed by atoms with E-state index in [1.807, 2.05) is 71.6 Å². The standard InChI is InChI=1S/C42H49BrN4O4S/c43-40-13-2-1-9-37(40)28-41(48)47(29-33-14-16-39(17-15-33)52(44,50)51)30-34-8-4-10-35(26-34)36-11-5-12-38(27-36)42(49)46-24-20-32(21-25-46)7-3-6-31-18-22-45-23-19-31/h1-2,4-5,8-17,26-27,31-32,45H,3,6-7,18-25,28-30H2,(H2,44,50,51). The Hall–Kier alpha value is -3.83. The Morgan fingerprint density at radius 1 is 0.769 bits per heavy atom. The van der Waals surface area contributed by atoms with Crippen LogP contribution >= 0.6 is 15.9 Å². The van der Waals surface area contributed by atoms with Crippen molar-refractivity contribution < 1.29 is 18.0 Å². The van der Waals surface area contributed by atoms with Crippen LogP contribution in [0.5, 0.6) is 0 Å². The second-order valence-electron chi connectivity index (χ2n) is 14.3. The predicted octanol–water partition coefficient (Wildman–Crippen LogP) is 7.56. The van der Waals surface area contributed by atoms with Gasteiger partial charge in [0.25, 0.3) is 5.91 Å². The van der Waals surface area contributed by atoms with Gasteiger partial charge in [-0.1, -0.05) is 95.9 Å². The largest absolute Gasteiger partial charge is 0.339 e. The van der Waals surface area contributed by atoms with Gasteiger partial charge in [-0.3, -0.25) is 9.59 Å². The number of nitrogens with two attached hydrogens (primary N) is 1. The Labute approximate surface area is 317 Å². The first-order valence-corrected chi connectivity index (χ1v) is 20.8. The molecule has 0 bridgehead atoms. The minimum atomic E-state index is -3.82. The number of sulfonamides is 1. The quantitative estimate of drug-likeness (QED) is 0.145. The van der Waals surface area contributed by atoms with Gasteiger partial charge in [0, 0.05) is 36.2 Å². The van der Waals surface area contributed by atoms with Crippen LogP contribution in [0.25, 0.3) is 11.1 Å². The van der Waals surface area contributed by atoms with Crippen molar-refractivity contribution in [1.29, 1.82) is 0 Å². The van der Waals surface area contributed by atoms with Crippen LogP contribution in [0.15, 0.2) is 106 Å². The zero-order valence-corrected chi connectivity index (χ0v) is 32.1. The van der Waals surface area contributed by atoms with E-state index in [2.05, 4.69) is 27.3 Å². The summed E-state index contributed by atoms with van der Waals surface area (Å²) in [5, 5.41) is 8.77. The number of piperidine rings is 2. The molecule has 2 saturated heterocycles. The lowest BCUT2D eigenvalue weighted by Crippen LogP contribution is -2.38. The molecule has 0 spiro atoms. The number of halogens is 1. The first-order valence-electron chi connectivity index (χ1n) is 18.4. The Morgan fingerprint density at radius 3 is 2.10 bits per heavy atom. The summed E-state index contributed by atoms with van der Waals surface area (Å²) in [6.07, 6.45) is 8.89. The third-order valence-electron chi connectivity index (χ3n) is 10.6. The van der Waals surface area contributed by atoms with Gasteiger partial charge < -0.3 is 15.1 Å². The van der Waals surface area contributed by atoms with E-state index >= 15 is 0 Å². The van der Waals surface area contributed by atoms with Gasteiger partial charge in [0.05, 0.1) is 11.3 Å². The highest BCUT2D eigenvalue weighted by atomic mass is 79.9. The van der Waals surface area contributed by atoms with Gasteiger partial charge in [-0.25, -0.2) is 13.6 Å². The summed E-state index contributed by atoms with van der Waals surface area (Å²) in [7, 11) is -3.82. The highest BCUT2D eigenvalue weighted by Crippen LogP contribution is 2.28. The lowest BCUT2D eigenvalue weighted by Gasteiger charge is -2.32. The summed E-state index contributed by atoms with van der Waals surface area (Å²) in [6, 6.07) is 29.9. The van der Waals surface area contributed by atoms with Crippen LogP contribution in [0.1, 0.15) is 72.0 Å². The summed E-state index contributed by atoms with van der Waals surface area (Å²) in [4.78, 5) is 31.3. The normalized spacial score (nSPS) is 15.8. The van der Waals surface area contributed by atoms with E-state index in [0.717, 1.165) is 77.2 Å². The molecule has 3 N–H and O–H groups in total. The molecule has 0 aliphatic carbocycles. The van der Waals surface area contributed by atoms with Gasteiger partial charge >= 0.3 is 0 Å². The zero-order chi connectivity index (χ0) is 36.5. The van der Waals surface area contributed by atoms with E-state index < -0.39 is 10.0 Å². The van der Waals surface area contributed by atoms with Gasteiger partial charge in [-0.2, -0.15) is 0 Å². The van der Waals surface area contributed by atoms with E-state index in [1.54, 1.807) is 17.0 Å². The van der Waals surface area contributed by atoms with Crippen LogP contribution in [0, 0.1) is 11.8 Å². The Balaban J connectivity index is 1.11. The fraction of sp³-hybridized carbons (Fsp3) is 0.381. The molecule has 10 heteroatoms. The molecule has 0 unspecified atom stereocenters. The SMILES string of the molecule is NS(=O)(=O)c1ccc(CN(Cc2cccc(-c3cccc(C(=O)N4CCC(CCCC5CCNCC5)CC4)c3)c2)C(=O)Cc2ccccc2Br)cc1. The Kier molecular flexibility index (Phi) is 13.0. The topological polar surface area (TPSA) is 113 Å². The number of carbonyl (C=O) groups is 2. The molecule has 2 amide bonds. The molecule has 2 heterocycles. The summed E-state index contributed by atoms with van der Waals surface area (Å²) in [5.74, 6) is 1.61. The molecule has 274 valence electrons. The maximum absolute atomic E-state index is 13.8. The number of rotatable bonds is 13. The van der Waals surface area contributed by atoms with Crippen molar-refractivity contribution in [3.8, 4) is 11.1 Å². The minimum Gasteiger partial charge on any atom is -0.339 e. The van der Waals surface area contributed by atoms with E-state index in [1.165, 1.54) is 44.2 Å². The number of nitrogens with one attached hydrogen (secondary N) is 1. The number of nitrogens with zero attached hydrogens (tertiary/aromatic N) is 2. The molecule has 8 nitrogen and oxygen atoms in total. The maximum Gasteiger partial charge on any atom is 0.253 e. The molecule has 52 heavy (non-hydrogen) atoms. The highest BCUT2D eigenvalue weighted by molar-refractivity contribution is 9.10. The number of primary sulfonamides is 1. The third kappa shape index (κ3) is 10.4. The van der Waals surface area contributed by atoms with Crippen molar-refractivity contribution in [1.82, 2.24) is 15.1 Å². The van der Waals surface area contributed by atoms with Gasteiger partial charge in [0.15, 0.2) is 0 Å². The van der Waals surface area contributed by atoms with Crippen molar-refractivity contribution in [3.63, 3.8) is 0 Å². The first-order chi connectivity index (χ1) is 25.1. The maximum atomic E-state index is 13.8. The second-order valence-corrected chi connectivity index (χ2v) is 16.8. The molecule has 0 atom stereocenters. The number of hydrogen-bond donors (Lipinski definition) is 2. The molecule has 2 fully saturated rings. The average Bonchev–Trinajstić information content (AvgIpc) is 3.16. The second kappa shape index (κ2) is 17.8. The van der Waals surface area contributed by atoms with Crippen LogP contribution in [0.2, 0.25) is 0 Å². The molecule has 4 aromatic carbocycles. The number of benzene rings is 4. The van der Waals surface area contributed by atoms with Crippen LogP contribution < -0.4 is 10.5 Å². The van der Waals surface area contributed by atoms with Crippen molar-refractivity contribution in [2.24, 2.45) is 17.0 Å². The molecule has 2 aliphatic heterocycles. The fourth-order valence-corrected chi connectivity index (χ4v) is 8.47. The van der Waals surface area contributed by atoms with Crippen LogP contribution in [0.4, 0.5) is 0 Å². The first kappa shape index (κ1) is 37.9. The Morgan fingerprint density at radius 2 is 1.40 bits per heavy atom.